The van der Waals surface area contributed by atoms with E-state index in [1.54, 1.807) is 19.3 Å². The lowest BCUT2D eigenvalue weighted by molar-refractivity contribution is -0.0328. The Kier molecular flexibility index (Phi) is 4.19. The number of alkyl halides is 3. The van der Waals surface area contributed by atoms with E-state index in [1.165, 1.54) is 29.0 Å². The van der Waals surface area contributed by atoms with E-state index >= 15 is 0 Å². The molecule has 1 heterocycles. The van der Waals surface area contributed by atoms with Crippen LogP contribution >= 0.6 is 24.0 Å². The molecule has 106 valence electrons. The lowest BCUT2D eigenvalue weighted by Crippen LogP contribution is -2.02. The molecule has 1 aromatic heterocycles. The summed E-state index contributed by atoms with van der Waals surface area (Å²) >= 11 is 4.82. The standard InChI is InChI=1S/C13H9F4NS2/c1-18-6-10(8-3-2-4-9(14)5-8)12(19)11(7-18)20-13(15,16)17/h2-7H,1H3. The van der Waals surface area contributed by atoms with E-state index < -0.39 is 11.3 Å². The molecule has 0 saturated heterocycles. The highest BCUT2D eigenvalue weighted by atomic mass is 32.2. The summed E-state index contributed by atoms with van der Waals surface area (Å²) in [6, 6.07) is 5.60. The van der Waals surface area contributed by atoms with E-state index in [2.05, 4.69) is 0 Å². The zero-order valence-electron chi connectivity index (χ0n) is 10.2. The quantitative estimate of drug-likeness (QED) is 0.427. The Morgan fingerprint density at radius 3 is 2.50 bits per heavy atom. The molecule has 0 aliphatic rings. The van der Waals surface area contributed by atoms with E-state index in [4.69, 9.17) is 12.2 Å². The van der Waals surface area contributed by atoms with Crippen LogP contribution in [-0.4, -0.2) is 10.1 Å². The minimum atomic E-state index is -4.42. The van der Waals surface area contributed by atoms with Gasteiger partial charge in [0.05, 0.1) is 9.41 Å². The first-order chi connectivity index (χ1) is 9.26. The summed E-state index contributed by atoms with van der Waals surface area (Å²) in [5.41, 5.74) is -3.56. The van der Waals surface area contributed by atoms with E-state index in [-0.39, 0.29) is 21.2 Å². The maximum atomic E-state index is 13.2. The van der Waals surface area contributed by atoms with Gasteiger partial charge in [0.25, 0.3) is 0 Å². The molecule has 1 aromatic carbocycles. The van der Waals surface area contributed by atoms with Gasteiger partial charge in [-0.2, -0.15) is 13.2 Å². The van der Waals surface area contributed by atoms with Crippen LogP contribution in [0.2, 0.25) is 0 Å². The first-order valence-corrected chi connectivity index (χ1v) is 6.71. The van der Waals surface area contributed by atoms with Gasteiger partial charge in [-0.15, -0.1) is 0 Å². The van der Waals surface area contributed by atoms with Crippen LogP contribution < -0.4 is 0 Å². The van der Waals surface area contributed by atoms with Gasteiger partial charge in [-0.05, 0) is 29.5 Å². The molecule has 0 saturated carbocycles. The Labute approximate surface area is 122 Å². The summed E-state index contributed by atoms with van der Waals surface area (Å²) in [6.45, 7) is 0. The molecular weight excluding hydrogens is 310 g/mol. The third-order valence-electron chi connectivity index (χ3n) is 2.48. The maximum Gasteiger partial charge on any atom is 0.446 e. The van der Waals surface area contributed by atoms with Gasteiger partial charge < -0.3 is 4.57 Å². The zero-order valence-corrected chi connectivity index (χ0v) is 11.9. The second kappa shape index (κ2) is 5.57. The summed E-state index contributed by atoms with van der Waals surface area (Å²) in [7, 11) is 1.60. The molecule has 0 atom stereocenters. The number of hydrogen-bond acceptors (Lipinski definition) is 2. The monoisotopic (exact) mass is 319 g/mol. The maximum absolute atomic E-state index is 13.2. The van der Waals surface area contributed by atoms with Crippen molar-refractivity contribution in [1.82, 2.24) is 4.57 Å². The van der Waals surface area contributed by atoms with Crippen molar-refractivity contribution in [3.63, 3.8) is 0 Å². The van der Waals surface area contributed by atoms with Crippen LogP contribution in [0, 0.1) is 10.3 Å². The van der Waals surface area contributed by atoms with Gasteiger partial charge in [-0.25, -0.2) is 4.39 Å². The molecule has 0 bridgehead atoms. The number of halogens is 4. The number of nitrogens with zero attached hydrogens (tertiary/aromatic N) is 1. The van der Waals surface area contributed by atoms with Crippen molar-refractivity contribution in [2.45, 2.75) is 10.4 Å². The van der Waals surface area contributed by atoms with Gasteiger partial charge in [0.2, 0.25) is 0 Å². The third-order valence-corrected chi connectivity index (χ3v) is 3.81. The van der Waals surface area contributed by atoms with E-state index in [1.807, 2.05) is 0 Å². The molecule has 0 aliphatic carbocycles. The van der Waals surface area contributed by atoms with E-state index in [0.29, 0.717) is 11.1 Å². The van der Waals surface area contributed by atoms with Crippen molar-refractivity contribution in [3.8, 4) is 11.1 Å². The van der Waals surface area contributed by atoms with Crippen molar-refractivity contribution >= 4 is 24.0 Å². The lowest BCUT2D eigenvalue weighted by atomic mass is 10.1. The summed E-state index contributed by atoms with van der Waals surface area (Å²) in [4.78, 5) is -0.0724. The summed E-state index contributed by atoms with van der Waals surface area (Å²) in [5, 5.41) is 0. The number of benzene rings is 1. The van der Waals surface area contributed by atoms with Crippen molar-refractivity contribution < 1.29 is 17.6 Å². The Morgan fingerprint density at radius 1 is 1.20 bits per heavy atom. The van der Waals surface area contributed by atoms with Crippen LogP contribution in [0.1, 0.15) is 0 Å². The molecule has 20 heavy (non-hydrogen) atoms. The Hall–Kier alpha value is -1.34. The molecule has 1 nitrogen and oxygen atoms in total. The number of pyridine rings is 1. The second-order valence-corrected chi connectivity index (χ2v) is 5.60. The summed E-state index contributed by atoms with van der Waals surface area (Å²) in [5.74, 6) is -0.464. The third kappa shape index (κ3) is 3.61. The molecule has 0 N–H and O–H groups in total. The molecule has 0 unspecified atom stereocenters. The Morgan fingerprint density at radius 2 is 1.90 bits per heavy atom. The van der Waals surface area contributed by atoms with Gasteiger partial charge in [0, 0.05) is 25.0 Å². The van der Waals surface area contributed by atoms with Crippen LogP contribution in [0.4, 0.5) is 17.6 Å². The fraction of sp³-hybridized carbons (Fsp3) is 0.154. The molecule has 7 heteroatoms. The van der Waals surface area contributed by atoms with Gasteiger partial charge >= 0.3 is 5.51 Å². The molecule has 0 fully saturated rings. The summed E-state index contributed by atoms with van der Waals surface area (Å²) in [6.07, 6.45) is 2.89. The van der Waals surface area contributed by atoms with Crippen LogP contribution in [-0.2, 0) is 7.05 Å². The van der Waals surface area contributed by atoms with Gasteiger partial charge in [0.15, 0.2) is 0 Å². The van der Waals surface area contributed by atoms with Crippen LogP contribution in [0.25, 0.3) is 11.1 Å². The molecular formula is C13H9F4NS2. The van der Waals surface area contributed by atoms with Gasteiger partial charge in [-0.1, -0.05) is 24.4 Å². The highest BCUT2D eigenvalue weighted by Gasteiger charge is 2.30. The van der Waals surface area contributed by atoms with Crippen LogP contribution in [0.15, 0.2) is 41.6 Å². The molecule has 2 rings (SSSR count). The fourth-order valence-electron chi connectivity index (χ4n) is 1.73. The lowest BCUT2D eigenvalue weighted by Gasteiger charge is -2.11. The number of hydrogen-bond donors (Lipinski definition) is 0. The predicted molar refractivity (Wildman–Crippen MR) is 73.6 cm³/mol. The average molecular weight is 319 g/mol. The minimum absolute atomic E-state index is 0.0658. The van der Waals surface area contributed by atoms with Gasteiger partial charge in [-0.3, -0.25) is 0 Å². The molecule has 0 radical (unpaired) electrons. The van der Waals surface area contributed by atoms with Crippen molar-refractivity contribution in [2.75, 3.05) is 0 Å². The van der Waals surface area contributed by atoms with Crippen LogP contribution in [0.3, 0.4) is 0 Å². The minimum Gasteiger partial charge on any atom is -0.355 e. The number of aryl methyl sites for hydroxylation is 1. The molecule has 0 spiro atoms. The Bertz CT molecular complexity index is 692. The largest absolute Gasteiger partial charge is 0.446 e. The zero-order chi connectivity index (χ0) is 14.9. The van der Waals surface area contributed by atoms with Crippen molar-refractivity contribution in [2.24, 2.45) is 7.05 Å². The van der Waals surface area contributed by atoms with Crippen molar-refractivity contribution in [3.05, 3.63) is 47.0 Å². The molecule has 0 amide bonds. The van der Waals surface area contributed by atoms with Gasteiger partial charge in [0.1, 0.15) is 5.82 Å². The molecule has 0 aliphatic heterocycles. The van der Waals surface area contributed by atoms with Crippen molar-refractivity contribution in [1.29, 1.82) is 0 Å². The SMILES string of the molecule is Cn1cc(SC(F)(F)F)c(=S)c(-c2cccc(F)c2)c1. The smallest absolute Gasteiger partial charge is 0.355 e. The highest BCUT2D eigenvalue weighted by molar-refractivity contribution is 8.00. The average Bonchev–Trinajstić information content (AvgIpc) is 2.31. The summed E-state index contributed by atoms with van der Waals surface area (Å²) < 4.78 is 52.3. The van der Waals surface area contributed by atoms with E-state index in [0.717, 1.165) is 0 Å². The number of rotatable bonds is 2. The number of thioether (sulfide) groups is 1. The fourth-order valence-corrected chi connectivity index (χ4v) is 2.75. The Balaban J connectivity index is 2.58. The second-order valence-electron chi connectivity index (χ2n) is 4.09. The predicted octanol–water partition coefficient (Wildman–Crippen LogP) is 5.17. The first kappa shape index (κ1) is 15.1. The van der Waals surface area contributed by atoms with E-state index in [9.17, 15) is 17.6 Å². The molecule has 2 aromatic rings. The van der Waals surface area contributed by atoms with Crippen LogP contribution in [0.5, 0.6) is 0 Å². The first-order valence-electron chi connectivity index (χ1n) is 5.48. The topological polar surface area (TPSA) is 4.93 Å². The number of aromatic nitrogens is 1. The highest BCUT2D eigenvalue weighted by Crippen LogP contribution is 2.39. The normalized spacial score (nSPS) is 11.7.